The van der Waals surface area contributed by atoms with Crippen molar-refractivity contribution >= 4 is 33.2 Å². The maximum Gasteiger partial charge on any atom is 0.265 e. The number of rotatable bonds is 5. The van der Waals surface area contributed by atoms with E-state index in [2.05, 4.69) is 10.6 Å². The molecule has 1 fully saturated rings. The molecule has 0 bridgehead atoms. The van der Waals surface area contributed by atoms with Crippen LogP contribution >= 0.6 is 0 Å². The van der Waals surface area contributed by atoms with E-state index in [4.69, 9.17) is 4.74 Å². The SMILES string of the molecule is CC[C@H]1Oc2cc(S(=O)(=O)N3CCC[C@H](C(=O)Nc4ccccc4C)C3)c(C)cc2NC1=O. The van der Waals surface area contributed by atoms with Gasteiger partial charge in [-0.05, 0) is 56.4 Å². The van der Waals surface area contributed by atoms with Crippen LogP contribution in [-0.4, -0.2) is 43.7 Å². The number of hydrogen-bond donors (Lipinski definition) is 2. The molecule has 2 N–H and O–H groups in total. The molecule has 176 valence electrons. The van der Waals surface area contributed by atoms with Gasteiger partial charge in [0, 0.05) is 24.8 Å². The number of ether oxygens (including phenoxy) is 1. The topological polar surface area (TPSA) is 105 Å². The lowest BCUT2D eigenvalue weighted by Gasteiger charge is -2.32. The molecule has 8 nitrogen and oxygen atoms in total. The number of nitrogens with one attached hydrogen (secondary N) is 2. The Labute approximate surface area is 194 Å². The summed E-state index contributed by atoms with van der Waals surface area (Å²) in [4.78, 5) is 25.1. The highest BCUT2D eigenvalue weighted by atomic mass is 32.2. The molecule has 33 heavy (non-hydrogen) atoms. The number of anilines is 2. The molecule has 1 saturated heterocycles. The number of benzene rings is 2. The summed E-state index contributed by atoms with van der Waals surface area (Å²) in [6.45, 7) is 5.90. The Hall–Kier alpha value is -2.91. The summed E-state index contributed by atoms with van der Waals surface area (Å²) in [5.41, 5.74) is 2.67. The molecule has 9 heteroatoms. The first-order chi connectivity index (χ1) is 15.7. The van der Waals surface area contributed by atoms with Crippen molar-refractivity contribution in [1.29, 1.82) is 0 Å². The molecule has 2 heterocycles. The Bertz CT molecular complexity index is 1190. The molecule has 2 amide bonds. The summed E-state index contributed by atoms with van der Waals surface area (Å²) in [5.74, 6) is -0.510. The van der Waals surface area contributed by atoms with Gasteiger partial charge in [0.25, 0.3) is 5.91 Å². The van der Waals surface area contributed by atoms with Gasteiger partial charge >= 0.3 is 0 Å². The van der Waals surface area contributed by atoms with E-state index in [1.807, 2.05) is 38.1 Å². The minimum Gasteiger partial charge on any atom is -0.478 e. The highest BCUT2D eigenvalue weighted by Gasteiger charge is 2.36. The van der Waals surface area contributed by atoms with Gasteiger partial charge in [-0.3, -0.25) is 9.59 Å². The van der Waals surface area contributed by atoms with Crippen LogP contribution in [0.2, 0.25) is 0 Å². The number of carbonyl (C=O) groups excluding carboxylic acids is 2. The Morgan fingerprint density at radius 3 is 2.70 bits per heavy atom. The molecule has 0 spiro atoms. The molecule has 2 aromatic rings. The number of sulfonamides is 1. The number of carbonyl (C=O) groups is 2. The van der Waals surface area contributed by atoms with E-state index in [9.17, 15) is 18.0 Å². The lowest BCUT2D eigenvalue weighted by atomic mass is 9.98. The van der Waals surface area contributed by atoms with Crippen LogP contribution in [0.15, 0.2) is 41.3 Å². The molecule has 2 aromatic carbocycles. The summed E-state index contributed by atoms with van der Waals surface area (Å²) < 4.78 is 34.2. The minimum atomic E-state index is -3.85. The molecule has 4 rings (SSSR count). The molecule has 0 unspecified atom stereocenters. The monoisotopic (exact) mass is 471 g/mol. The summed E-state index contributed by atoms with van der Waals surface area (Å²) in [7, 11) is -3.85. The van der Waals surface area contributed by atoms with E-state index in [1.54, 1.807) is 13.0 Å². The van der Waals surface area contributed by atoms with Crippen LogP contribution in [0.5, 0.6) is 5.75 Å². The van der Waals surface area contributed by atoms with Crippen molar-refractivity contribution in [2.24, 2.45) is 5.92 Å². The third-order valence-corrected chi connectivity index (χ3v) is 8.25. The quantitative estimate of drug-likeness (QED) is 0.695. The Balaban J connectivity index is 1.55. The summed E-state index contributed by atoms with van der Waals surface area (Å²) >= 11 is 0. The van der Waals surface area contributed by atoms with Crippen LogP contribution in [0.4, 0.5) is 11.4 Å². The number of hydrogen-bond acceptors (Lipinski definition) is 5. The molecule has 2 aliphatic rings. The van der Waals surface area contributed by atoms with Crippen molar-refractivity contribution in [3.63, 3.8) is 0 Å². The predicted octanol–water partition coefficient (Wildman–Crippen LogP) is 3.45. The van der Waals surface area contributed by atoms with Crippen molar-refractivity contribution in [3.8, 4) is 5.75 Å². The number of amides is 2. The first kappa shape index (κ1) is 23.3. The minimum absolute atomic E-state index is 0.117. The lowest BCUT2D eigenvalue weighted by Crippen LogP contribution is -2.44. The van der Waals surface area contributed by atoms with E-state index in [0.29, 0.717) is 42.8 Å². The van der Waals surface area contributed by atoms with E-state index >= 15 is 0 Å². The van der Waals surface area contributed by atoms with Gasteiger partial charge in [0.15, 0.2) is 6.10 Å². The second-order valence-corrected chi connectivity index (χ2v) is 10.5. The number of fused-ring (bicyclic) bond motifs is 1. The van der Waals surface area contributed by atoms with Gasteiger partial charge < -0.3 is 15.4 Å². The third-order valence-electron chi connectivity index (χ3n) is 6.24. The van der Waals surface area contributed by atoms with Gasteiger partial charge in [0.2, 0.25) is 15.9 Å². The average molecular weight is 472 g/mol. The highest BCUT2D eigenvalue weighted by Crippen LogP contribution is 2.36. The maximum atomic E-state index is 13.5. The van der Waals surface area contributed by atoms with Crippen LogP contribution in [0.25, 0.3) is 0 Å². The van der Waals surface area contributed by atoms with Crippen molar-refractivity contribution in [2.75, 3.05) is 23.7 Å². The van der Waals surface area contributed by atoms with Crippen LogP contribution < -0.4 is 15.4 Å². The third kappa shape index (κ3) is 4.60. The van der Waals surface area contributed by atoms with E-state index < -0.39 is 22.0 Å². The van der Waals surface area contributed by atoms with Gasteiger partial charge in [-0.25, -0.2) is 8.42 Å². The highest BCUT2D eigenvalue weighted by molar-refractivity contribution is 7.89. The number of nitrogens with zero attached hydrogens (tertiary/aromatic N) is 1. The van der Waals surface area contributed by atoms with Gasteiger partial charge in [-0.1, -0.05) is 25.1 Å². The summed E-state index contributed by atoms with van der Waals surface area (Å²) in [6, 6.07) is 10.6. The van der Waals surface area contributed by atoms with Crippen LogP contribution in [0.1, 0.15) is 37.3 Å². The second-order valence-electron chi connectivity index (χ2n) is 8.62. The van der Waals surface area contributed by atoms with Crippen LogP contribution in [-0.2, 0) is 19.6 Å². The molecule has 0 saturated carbocycles. The smallest absolute Gasteiger partial charge is 0.265 e. The van der Waals surface area contributed by atoms with Gasteiger partial charge in [0.1, 0.15) is 5.75 Å². The first-order valence-electron chi connectivity index (χ1n) is 11.2. The Kier molecular flexibility index (Phi) is 6.45. The average Bonchev–Trinajstić information content (AvgIpc) is 2.79. The Morgan fingerprint density at radius 2 is 1.97 bits per heavy atom. The van der Waals surface area contributed by atoms with E-state index in [0.717, 1.165) is 11.3 Å². The largest absolute Gasteiger partial charge is 0.478 e. The lowest BCUT2D eigenvalue weighted by molar-refractivity contribution is -0.123. The first-order valence-corrected chi connectivity index (χ1v) is 12.6. The zero-order valence-corrected chi connectivity index (χ0v) is 19.9. The fraction of sp³-hybridized carbons (Fsp3) is 0.417. The molecule has 2 atom stereocenters. The fourth-order valence-corrected chi connectivity index (χ4v) is 6.04. The predicted molar refractivity (Wildman–Crippen MR) is 126 cm³/mol. The number of para-hydroxylation sites is 1. The Morgan fingerprint density at radius 1 is 1.21 bits per heavy atom. The van der Waals surface area contributed by atoms with Crippen molar-refractivity contribution in [3.05, 3.63) is 47.5 Å². The van der Waals surface area contributed by atoms with Crippen molar-refractivity contribution < 1.29 is 22.7 Å². The van der Waals surface area contributed by atoms with Crippen molar-refractivity contribution in [1.82, 2.24) is 4.31 Å². The van der Waals surface area contributed by atoms with Crippen molar-refractivity contribution in [2.45, 2.75) is 51.0 Å². The molecular formula is C24H29N3O5S. The van der Waals surface area contributed by atoms with Gasteiger partial charge in [-0.15, -0.1) is 0 Å². The standard InChI is InChI=1S/C24H29N3O5S/c1-4-20-24(29)26-19-12-16(3)22(13-21(19)32-20)33(30,31)27-11-7-9-17(14-27)23(28)25-18-10-6-5-8-15(18)2/h5-6,8,10,12-13,17,20H,4,7,9,11,14H2,1-3H3,(H,25,28)(H,26,29)/t17-,20+/m0/s1. The fourth-order valence-electron chi connectivity index (χ4n) is 4.29. The normalized spacial score (nSPS) is 21.0. The van der Waals surface area contributed by atoms with Gasteiger partial charge in [0.05, 0.1) is 16.5 Å². The van der Waals surface area contributed by atoms with E-state index in [-0.39, 0.29) is 23.3 Å². The second kappa shape index (κ2) is 9.15. The molecule has 0 aliphatic carbocycles. The molecule has 2 aliphatic heterocycles. The van der Waals surface area contributed by atoms with Crippen LogP contribution in [0.3, 0.4) is 0 Å². The van der Waals surface area contributed by atoms with Gasteiger partial charge in [-0.2, -0.15) is 4.31 Å². The summed E-state index contributed by atoms with van der Waals surface area (Å²) in [6.07, 6.45) is 1.05. The maximum absolute atomic E-state index is 13.5. The van der Waals surface area contributed by atoms with E-state index in [1.165, 1.54) is 10.4 Å². The number of aryl methyl sites for hydroxylation is 2. The number of piperidine rings is 1. The molecular weight excluding hydrogens is 442 g/mol. The summed E-state index contributed by atoms with van der Waals surface area (Å²) in [5, 5.41) is 5.72. The molecule has 0 aromatic heterocycles. The van der Waals surface area contributed by atoms with Crippen LogP contribution in [0, 0.1) is 19.8 Å². The molecule has 0 radical (unpaired) electrons. The zero-order valence-electron chi connectivity index (χ0n) is 19.1. The zero-order chi connectivity index (χ0) is 23.8.